The average molecular weight is 469 g/mol. The first-order valence-electron chi connectivity index (χ1n) is 11.3. The number of sulfonamides is 1. The second-order valence-corrected chi connectivity index (χ2v) is 11.1. The van der Waals surface area contributed by atoms with Crippen LogP contribution < -0.4 is 14.2 Å². The molecule has 4 rings (SSSR count). The molecule has 3 aromatic carbocycles. The monoisotopic (exact) mass is 468 g/mol. The van der Waals surface area contributed by atoms with E-state index in [1.165, 1.54) is 12.1 Å². The van der Waals surface area contributed by atoms with Crippen molar-refractivity contribution in [1.82, 2.24) is 4.90 Å². The largest absolute Gasteiger partial charge is 0.497 e. The Labute approximate surface area is 196 Å². The van der Waals surface area contributed by atoms with E-state index < -0.39 is 10.0 Å². The van der Waals surface area contributed by atoms with Crippen LogP contribution in [-0.2, 0) is 10.0 Å². The van der Waals surface area contributed by atoms with Crippen molar-refractivity contribution in [3.8, 4) is 11.5 Å². The van der Waals surface area contributed by atoms with E-state index in [1.54, 1.807) is 25.3 Å². The van der Waals surface area contributed by atoms with Crippen LogP contribution >= 0.6 is 0 Å². The third-order valence-corrected chi connectivity index (χ3v) is 7.56. The number of hydrogen-bond donors (Lipinski definition) is 1. The molecule has 1 N–H and O–H groups in total. The fourth-order valence-electron chi connectivity index (χ4n) is 4.25. The molecule has 1 saturated heterocycles. The van der Waals surface area contributed by atoms with Crippen molar-refractivity contribution in [2.45, 2.75) is 50.2 Å². The van der Waals surface area contributed by atoms with E-state index in [9.17, 15) is 8.42 Å². The summed E-state index contributed by atoms with van der Waals surface area (Å²) in [4.78, 5) is 2.67. The molecule has 0 aliphatic carbocycles. The molecule has 0 radical (unpaired) electrons. The summed E-state index contributed by atoms with van der Waals surface area (Å²) < 4.78 is 40.2. The maximum absolute atomic E-state index is 13.0. The molecule has 3 aromatic rings. The van der Waals surface area contributed by atoms with E-state index in [0.717, 1.165) is 42.5 Å². The van der Waals surface area contributed by atoms with Crippen LogP contribution in [0.2, 0.25) is 0 Å². The second-order valence-electron chi connectivity index (χ2n) is 9.41. The van der Waals surface area contributed by atoms with Gasteiger partial charge in [0.05, 0.1) is 17.7 Å². The van der Waals surface area contributed by atoms with Gasteiger partial charge in [-0.15, -0.1) is 0 Å². The van der Waals surface area contributed by atoms with Crippen molar-refractivity contribution in [2.75, 3.05) is 24.9 Å². The highest BCUT2D eigenvalue weighted by molar-refractivity contribution is 7.92. The molecule has 1 fully saturated rings. The summed E-state index contributed by atoms with van der Waals surface area (Å²) in [6.45, 7) is 8.74. The molecule has 0 saturated carbocycles. The molecule has 1 heterocycles. The molecule has 7 heteroatoms. The summed E-state index contributed by atoms with van der Waals surface area (Å²) in [5.74, 6) is 1.39. The minimum absolute atomic E-state index is 0.147. The Hall–Kier alpha value is -2.77. The first-order chi connectivity index (χ1) is 15.7. The molecule has 0 aromatic heterocycles. The highest BCUT2D eigenvalue weighted by Gasteiger charge is 2.28. The molecular formula is C26H32N2O4S. The standard InChI is InChI=1S/C26H32N2O4S/c1-26(2,3)28-17-15-20(16-18-28)32-25-14-13-24(22-7-5-6-8-23(22)25)27-33(29,30)21-11-9-19(31-4)10-12-21/h5-14,20,27H,15-18H2,1-4H3. The normalized spacial score (nSPS) is 16.0. The number of likely N-dealkylation sites (tertiary alicyclic amines) is 1. The van der Waals surface area contributed by atoms with Crippen LogP contribution in [0.5, 0.6) is 11.5 Å². The van der Waals surface area contributed by atoms with Crippen molar-refractivity contribution in [3.05, 3.63) is 60.7 Å². The van der Waals surface area contributed by atoms with Crippen LogP contribution in [0.1, 0.15) is 33.6 Å². The Morgan fingerprint density at radius 3 is 2.15 bits per heavy atom. The molecule has 6 nitrogen and oxygen atoms in total. The number of hydrogen-bond acceptors (Lipinski definition) is 5. The van der Waals surface area contributed by atoms with Gasteiger partial charge in [-0.2, -0.15) is 0 Å². The molecule has 0 atom stereocenters. The number of anilines is 1. The molecular weight excluding hydrogens is 436 g/mol. The number of ether oxygens (including phenoxy) is 2. The van der Waals surface area contributed by atoms with Crippen LogP contribution in [0, 0.1) is 0 Å². The quantitative estimate of drug-likeness (QED) is 0.532. The van der Waals surface area contributed by atoms with E-state index >= 15 is 0 Å². The number of benzene rings is 3. The number of nitrogens with one attached hydrogen (secondary N) is 1. The van der Waals surface area contributed by atoms with E-state index in [-0.39, 0.29) is 16.5 Å². The number of nitrogens with zero attached hydrogens (tertiary/aromatic N) is 1. The van der Waals surface area contributed by atoms with Gasteiger partial charge >= 0.3 is 0 Å². The van der Waals surface area contributed by atoms with Crippen LogP contribution in [0.25, 0.3) is 10.8 Å². The molecule has 0 amide bonds. The van der Waals surface area contributed by atoms with E-state index in [1.807, 2.05) is 30.3 Å². The molecule has 1 aliphatic heterocycles. The van der Waals surface area contributed by atoms with Gasteiger partial charge in [0.25, 0.3) is 10.0 Å². The van der Waals surface area contributed by atoms with E-state index in [4.69, 9.17) is 9.47 Å². The fraction of sp³-hybridized carbons (Fsp3) is 0.385. The van der Waals surface area contributed by atoms with Crippen molar-refractivity contribution < 1.29 is 17.9 Å². The van der Waals surface area contributed by atoms with Crippen molar-refractivity contribution in [1.29, 1.82) is 0 Å². The molecule has 33 heavy (non-hydrogen) atoms. The van der Waals surface area contributed by atoms with Crippen molar-refractivity contribution >= 4 is 26.5 Å². The predicted molar refractivity (Wildman–Crippen MR) is 133 cm³/mol. The SMILES string of the molecule is COc1ccc(S(=O)(=O)Nc2ccc(OC3CCN(C(C)(C)C)CC3)c3ccccc23)cc1. The summed E-state index contributed by atoms with van der Waals surface area (Å²) in [6.07, 6.45) is 2.09. The fourth-order valence-corrected chi connectivity index (χ4v) is 5.33. The Morgan fingerprint density at radius 1 is 0.909 bits per heavy atom. The van der Waals surface area contributed by atoms with Gasteiger partial charge in [-0.1, -0.05) is 24.3 Å². The Bertz CT molecular complexity index is 1210. The van der Waals surface area contributed by atoms with Crippen LogP contribution in [-0.4, -0.2) is 45.2 Å². The van der Waals surface area contributed by atoms with E-state index in [2.05, 4.69) is 30.4 Å². The number of methoxy groups -OCH3 is 1. The molecule has 1 aliphatic rings. The maximum atomic E-state index is 13.0. The lowest BCUT2D eigenvalue weighted by atomic mass is 9.99. The topological polar surface area (TPSA) is 67.9 Å². The molecule has 0 spiro atoms. The van der Waals surface area contributed by atoms with Gasteiger partial charge in [-0.25, -0.2) is 8.42 Å². The number of piperidine rings is 1. The predicted octanol–water partition coefficient (Wildman–Crippen LogP) is 5.29. The molecule has 0 unspecified atom stereocenters. The lowest BCUT2D eigenvalue weighted by Gasteiger charge is -2.40. The third kappa shape index (κ3) is 5.25. The zero-order valence-electron chi connectivity index (χ0n) is 19.7. The van der Waals surface area contributed by atoms with Crippen LogP contribution in [0.15, 0.2) is 65.6 Å². The summed E-state index contributed by atoms with van der Waals surface area (Å²) in [5.41, 5.74) is 0.691. The zero-order valence-corrected chi connectivity index (χ0v) is 20.5. The Kier molecular flexibility index (Phi) is 6.54. The summed E-state index contributed by atoms with van der Waals surface area (Å²) in [6, 6.07) is 17.7. The van der Waals surface area contributed by atoms with Gasteiger partial charge in [0.1, 0.15) is 17.6 Å². The lowest BCUT2D eigenvalue weighted by Crippen LogP contribution is -2.48. The van der Waals surface area contributed by atoms with Gasteiger partial charge in [0.2, 0.25) is 0 Å². The third-order valence-electron chi connectivity index (χ3n) is 6.18. The number of rotatable bonds is 6. The minimum Gasteiger partial charge on any atom is -0.497 e. The van der Waals surface area contributed by atoms with Gasteiger partial charge in [-0.05, 0) is 70.0 Å². The van der Waals surface area contributed by atoms with Crippen molar-refractivity contribution in [3.63, 3.8) is 0 Å². The van der Waals surface area contributed by atoms with Crippen molar-refractivity contribution in [2.24, 2.45) is 0 Å². The highest BCUT2D eigenvalue weighted by atomic mass is 32.2. The Morgan fingerprint density at radius 2 is 1.55 bits per heavy atom. The van der Waals surface area contributed by atoms with Gasteiger partial charge in [-0.3, -0.25) is 9.62 Å². The Balaban J connectivity index is 1.55. The van der Waals surface area contributed by atoms with E-state index in [0.29, 0.717) is 11.4 Å². The highest BCUT2D eigenvalue weighted by Crippen LogP contribution is 2.34. The molecule has 176 valence electrons. The zero-order chi connectivity index (χ0) is 23.6. The summed E-state index contributed by atoms with van der Waals surface area (Å²) in [7, 11) is -2.19. The number of fused-ring (bicyclic) bond motifs is 1. The minimum atomic E-state index is -3.74. The van der Waals surface area contributed by atoms with Crippen LogP contribution in [0.3, 0.4) is 0 Å². The summed E-state index contributed by atoms with van der Waals surface area (Å²) >= 11 is 0. The first-order valence-corrected chi connectivity index (χ1v) is 12.8. The lowest BCUT2D eigenvalue weighted by molar-refractivity contribution is 0.0498. The van der Waals surface area contributed by atoms with Gasteiger partial charge in [0, 0.05) is 29.4 Å². The van der Waals surface area contributed by atoms with Gasteiger partial charge in [0.15, 0.2) is 0 Å². The van der Waals surface area contributed by atoms with Crippen LogP contribution in [0.4, 0.5) is 5.69 Å². The van der Waals surface area contributed by atoms with Gasteiger partial charge < -0.3 is 9.47 Å². The first kappa shape index (κ1) is 23.4. The molecule has 0 bridgehead atoms. The second kappa shape index (κ2) is 9.23. The summed E-state index contributed by atoms with van der Waals surface area (Å²) in [5, 5.41) is 1.70. The maximum Gasteiger partial charge on any atom is 0.261 e. The smallest absolute Gasteiger partial charge is 0.261 e. The average Bonchev–Trinajstić information content (AvgIpc) is 2.80.